The minimum absolute atomic E-state index is 0.0516. The maximum atomic E-state index is 5.75. The van der Waals surface area contributed by atoms with Gasteiger partial charge in [-0.05, 0) is 24.3 Å². The van der Waals surface area contributed by atoms with Crippen LogP contribution in [0.3, 0.4) is 0 Å². The predicted octanol–water partition coefficient (Wildman–Crippen LogP) is 2.72. The molecule has 0 saturated heterocycles. The second-order valence-corrected chi connectivity index (χ2v) is 6.74. The van der Waals surface area contributed by atoms with Gasteiger partial charge >= 0.3 is 0 Å². The molecule has 0 spiro atoms. The van der Waals surface area contributed by atoms with Crippen molar-refractivity contribution in [2.24, 2.45) is 4.99 Å². The summed E-state index contributed by atoms with van der Waals surface area (Å²) in [6.07, 6.45) is 1.77. The van der Waals surface area contributed by atoms with Gasteiger partial charge in [-0.25, -0.2) is 4.98 Å². The summed E-state index contributed by atoms with van der Waals surface area (Å²) in [6, 6.07) is 7.49. The van der Waals surface area contributed by atoms with Gasteiger partial charge in [-0.1, -0.05) is 20.8 Å². The van der Waals surface area contributed by atoms with Crippen molar-refractivity contribution in [2.45, 2.75) is 32.7 Å². The van der Waals surface area contributed by atoms with Crippen molar-refractivity contribution in [1.29, 1.82) is 0 Å². The average molecular weight is 360 g/mol. The Bertz CT molecular complexity index is 702. The van der Waals surface area contributed by atoms with Gasteiger partial charge in [0.05, 0.1) is 26.4 Å². The number of hydrogen-bond acceptors (Lipinski definition) is 5. The van der Waals surface area contributed by atoms with E-state index in [2.05, 4.69) is 41.4 Å². The van der Waals surface area contributed by atoms with Gasteiger partial charge in [-0.15, -0.1) is 0 Å². The zero-order chi connectivity index (χ0) is 19.0. The summed E-state index contributed by atoms with van der Waals surface area (Å²) >= 11 is 0. The van der Waals surface area contributed by atoms with Crippen LogP contribution in [0.4, 0.5) is 0 Å². The largest absolute Gasteiger partial charge is 0.497 e. The van der Waals surface area contributed by atoms with Crippen LogP contribution in [0.5, 0.6) is 11.5 Å². The Morgan fingerprint density at radius 3 is 2.42 bits per heavy atom. The molecular weight excluding hydrogens is 332 g/mol. The number of hydrogen-bond donors (Lipinski definition) is 2. The van der Waals surface area contributed by atoms with Gasteiger partial charge in [0.25, 0.3) is 0 Å². The van der Waals surface area contributed by atoms with Crippen LogP contribution in [-0.4, -0.2) is 38.3 Å². The SMILES string of the molecule is CN=C(NCCOc1ccc(OC)cc1)NCc1ncc(C(C)(C)C)o1. The third kappa shape index (κ3) is 5.98. The molecule has 0 amide bonds. The Hall–Kier alpha value is -2.70. The average Bonchev–Trinajstić information content (AvgIpc) is 3.11. The van der Waals surface area contributed by atoms with E-state index >= 15 is 0 Å². The summed E-state index contributed by atoms with van der Waals surface area (Å²) in [7, 11) is 3.36. The topological polar surface area (TPSA) is 80.9 Å². The number of aliphatic imine (C=N–C) groups is 1. The monoisotopic (exact) mass is 360 g/mol. The molecule has 7 nitrogen and oxygen atoms in total. The molecule has 0 aliphatic rings. The zero-order valence-electron chi connectivity index (χ0n) is 16.1. The first-order chi connectivity index (χ1) is 12.4. The number of aromatic nitrogens is 1. The second kappa shape index (κ2) is 9.12. The van der Waals surface area contributed by atoms with Gasteiger partial charge < -0.3 is 24.5 Å². The lowest BCUT2D eigenvalue weighted by atomic mass is 9.94. The summed E-state index contributed by atoms with van der Waals surface area (Å²) in [4.78, 5) is 8.47. The van der Waals surface area contributed by atoms with Gasteiger partial charge in [-0.2, -0.15) is 0 Å². The highest BCUT2D eigenvalue weighted by atomic mass is 16.5. The van der Waals surface area contributed by atoms with E-state index in [1.54, 1.807) is 20.4 Å². The molecule has 142 valence electrons. The fraction of sp³-hybridized carbons (Fsp3) is 0.474. The van der Waals surface area contributed by atoms with Gasteiger partial charge in [0.15, 0.2) is 5.96 Å². The number of methoxy groups -OCH3 is 1. The van der Waals surface area contributed by atoms with E-state index in [9.17, 15) is 0 Å². The lowest BCUT2D eigenvalue weighted by Crippen LogP contribution is -2.38. The normalized spacial score (nSPS) is 12.0. The number of ether oxygens (including phenoxy) is 2. The van der Waals surface area contributed by atoms with Crippen molar-refractivity contribution in [3.8, 4) is 11.5 Å². The smallest absolute Gasteiger partial charge is 0.213 e. The highest BCUT2D eigenvalue weighted by Gasteiger charge is 2.19. The van der Waals surface area contributed by atoms with Crippen LogP contribution in [0.1, 0.15) is 32.4 Å². The van der Waals surface area contributed by atoms with E-state index in [4.69, 9.17) is 13.9 Å². The summed E-state index contributed by atoms with van der Waals surface area (Å²) in [5.74, 6) is 3.77. The summed E-state index contributed by atoms with van der Waals surface area (Å²) in [5, 5.41) is 6.36. The van der Waals surface area contributed by atoms with E-state index in [1.807, 2.05) is 24.3 Å². The maximum Gasteiger partial charge on any atom is 0.213 e. The molecule has 26 heavy (non-hydrogen) atoms. The van der Waals surface area contributed by atoms with E-state index in [1.165, 1.54) is 0 Å². The van der Waals surface area contributed by atoms with Crippen LogP contribution >= 0.6 is 0 Å². The Kier molecular flexibility index (Phi) is 6.89. The van der Waals surface area contributed by atoms with Crippen LogP contribution in [0, 0.1) is 0 Å². The molecule has 0 bridgehead atoms. The molecule has 2 N–H and O–H groups in total. The minimum atomic E-state index is -0.0516. The molecule has 1 aromatic heterocycles. The van der Waals surface area contributed by atoms with Gasteiger partial charge in [0.1, 0.15) is 23.9 Å². The second-order valence-electron chi connectivity index (χ2n) is 6.74. The number of oxazole rings is 1. The fourth-order valence-electron chi connectivity index (χ4n) is 2.13. The molecule has 0 aliphatic carbocycles. The Morgan fingerprint density at radius 2 is 1.85 bits per heavy atom. The summed E-state index contributed by atoms with van der Waals surface area (Å²) in [6.45, 7) is 7.87. The molecule has 2 aromatic rings. The van der Waals surface area contributed by atoms with E-state index in [-0.39, 0.29) is 5.41 Å². The van der Waals surface area contributed by atoms with Gasteiger partial charge in [0, 0.05) is 12.5 Å². The van der Waals surface area contributed by atoms with Crippen LogP contribution in [0.25, 0.3) is 0 Å². The quantitative estimate of drug-likeness (QED) is 0.449. The van der Waals surface area contributed by atoms with Crippen molar-refractivity contribution >= 4 is 5.96 Å². The van der Waals surface area contributed by atoms with Gasteiger partial charge in [0.2, 0.25) is 5.89 Å². The molecule has 1 aromatic carbocycles. The first-order valence-electron chi connectivity index (χ1n) is 8.59. The van der Waals surface area contributed by atoms with Crippen LogP contribution in [0.2, 0.25) is 0 Å². The molecule has 2 rings (SSSR count). The van der Waals surface area contributed by atoms with Crippen molar-refractivity contribution in [3.05, 3.63) is 42.1 Å². The van der Waals surface area contributed by atoms with E-state index < -0.39 is 0 Å². The van der Waals surface area contributed by atoms with Crippen LogP contribution in [-0.2, 0) is 12.0 Å². The number of nitrogens with one attached hydrogen (secondary N) is 2. The first-order valence-corrected chi connectivity index (χ1v) is 8.59. The van der Waals surface area contributed by atoms with Crippen LogP contribution < -0.4 is 20.1 Å². The molecule has 0 radical (unpaired) electrons. The molecule has 0 atom stereocenters. The fourth-order valence-corrected chi connectivity index (χ4v) is 2.13. The predicted molar refractivity (Wildman–Crippen MR) is 102 cm³/mol. The number of nitrogens with zero attached hydrogens (tertiary/aromatic N) is 2. The lowest BCUT2D eigenvalue weighted by molar-refractivity contribution is 0.321. The highest BCUT2D eigenvalue weighted by Crippen LogP contribution is 2.22. The molecule has 0 saturated carbocycles. The molecule has 1 heterocycles. The third-order valence-corrected chi connectivity index (χ3v) is 3.65. The number of benzene rings is 1. The van der Waals surface area contributed by atoms with Crippen molar-refractivity contribution in [2.75, 3.05) is 27.3 Å². The van der Waals surface area contributed by atoms with Crippen molar-refractivity contribution < 1.29 is 13.9 Å². The molecule has 0 unspecified atom stereocenters. The Morgan fingerprint density at radius 1 is 1.15 bits per heavy atom. The number of rotatable bonds is 7. The minimum Gasteiger partial charge on any atom is -0.497 e. The molecular formula is C19H28N4O3. The van der Waals surface area contributed by atoms with Crippen molar-refractivity contribution in [1.82, 2.24) is 15.6 Å². The highest BCUT2D eigenvalue weighted by molar-refractivity contribution is 5.79. The van der Waals surface area contributed by atoms with E-state index in [0.717, 1.165) is 17.3 Å². The third-order valence-electron chi connectivity index (χ3n) is 3.65. The molecule has 0 fully saturated rings. The van der Waals surface area contributed by atoms with Crippen molar-refractivity contribution in [3.63, 3.8) is 0 Å². The maximum absolute atomic E-state index is 5.75. The molecule has 7 heteroatoms. The van der Waals surface area contributed by atoms with Crippen LogP contribution in [0.15, 0.2) is 39.9 Å². The summed E-state index contributed by atoms with van der Waals surface area (Å²) < 4.78 is 16.5. The molecule has 0 aliphatic heterocycles. The first kappa shape index (κ1) is 19.6. The van der Waals surface area contributed by atoms with Gasteiger partial charge in [-0.3, -0.25) is 4.99 Å². The Balaban J connectivity index is 1.71. The Labute approximate surface area is 154 Å². The summed E-state index contributed by atoms with van der Waals surface area (Å²) in [5.41, 5.74) is -0.0516. The zero-order valence-corrected chi connectivity index (χ0v) is 16.1. The standard InChI is InChI=1S/C19H28N4O3/c1-19(2,3)16-12-22-17(26-16)13-23-18(20-4)21-10-11-25-15-8-6-14(24-5)7-9-15/h6-9,12H,10-11,13H2,1-5H3,(H2,20,21,23). The number of guanidine groups is 1. The van der Waals surface area contributed by atoms with E-state index in [0.29, 0.717) is 31.5 Å². The lowest BCUT2D eigenvalue weighted by Gasteiger charge is -2.13.